The van der Waals surface area contributed by atoms with E-state index in [-0.39, 0.29) is 6.42 Å². The lowest BCUT2D eigenvalue weighted by Crippen LogP contribution is -2.06. The van der Waals surface area contributed by atoms with Gasteiger partial charge in [-0.2, -0.15) is 13.2 Å². The summed E-state index contributed by atoms with van der Waals surface area (Å²) in [7, 11) is 0. The molecule has 3 heteroatoms. The van der Waals surface area contributed by atoms with Crippen molar-refractivity contribution in [3.63, 3.8) is 0 Å². The third kappa shape index (κ3) is 9.57. The van der Waals surface area contributed by atoms with Gasteiger partial charge in [0.2, 0.25) is 0 Å². The van der Waals surface area contributed by atoms with Crippen LogP contribution in [0.4, 0.5) is 13.2 Å². The molecule has 0 aromatic heterocycles. The van der Waals surface area contributed by atoms with E-state index in [1.54, 1.807) is 0 Å². The third-order valence-corrected chi connectivity index (χ3v) is 3.18. The van der Waals surface area contributed by atoms with Gasteiger partial charge >= 0.3 is 6.18 Å². The van der Waals surface area contributed by atoms with Gasteiger partial charge in [0.05, 0.1) is 0 Å². The topological polar surface area (TPSA) is 0 Å². The van der Waals surface area contributed by atoms with Crippen LogP contribution in [0.25, 0.3) is 0 Å². The van der Waals surface area contributed by atoms with Crippen molar-refractivity contribution in [3.8, 4) is 0 Å². The van der Waals surface area contributed by atoms with Gasteiger partial charge in [-0.25, -0.2) is 0 Å². The van der Waals surface area contributed by atoms with Crippen LogP contribution >= 0.6 is 0 Å². The molecule has 0 spiro atoms. The predicted molar refractivity (Wildman–Crippen MR) is 72.0 cm³/mol. The zero-order chi connectivity index (χ0) is 14.0. The summed E-state index contributed by atoms with van der Waals surface area (Å²) >= 11 is 0. The normalized spacial score (nSPS) is 11.7. The van der Waals surface area contributed by atoms with E-state index >= 15 is 0 Å². The Morgan fingerprint density at radius 2 is 1.47 bits per heavy atom. The zero-order valence-electron chi connectivity index (χ0n) is 11.3. The van der Waals surface area contributed by atoms with Crippen LogP contribution in [0.3, 0.4) is 0 Å². The van der Waals surface area contributed by atoms with Crippen LogP contribution in [-0.2, 0) is 6.42 Å². The van der Waals surface area contributed by atoms with Gasteiger partial charge in [-0.15, -0.1) is 0 Å². The Morgan fingerprint density at radius 3 is 2.05 bits per heavy atom. The number of aryl methyl sites for hydroxylation is 1. The van der Waals surface area contributed by atoms with Crippen LogP contribution < -0.4 is 0 Å². The molecule has 0 aliphatic carbocycles. The minimum Gasteiger partial charge on any atom is -0.171 e. The largest absolute Gasteiger partial charge is 0.389 e. The standard InChI is InChI=1S/C16H22F3/c17-16(18,19)14-10-5-3-1-2-4-7-11-15-12-8-6-9-13-15/h6,8-9,12H,1-5,7,10-11,14H2. The molecule has 1 aromatic rings. The Kier molecular flexibility index (Phi) is 7.61. The molecular formula is C16H22F3. The second-order valence-corrected chi connectivity index (χ2v) is 4.98. The predicted octanol–water partition coefficient (Wildman–Crippen LogP) is 5.71. The molecule has 1 aromatic carbocycles. The lowest BCUT2D eigenvalue weighted by Gasteiger charge is -2.05. The second-order valence-electron chi connectivity index (χ2n) is 4.98. The fourth-order valence-corrected chi connectivity index (χ4v) is 2.11. The van der Waals surface area contributed by atoms with Crippen LogP contribution in [0.1, 0.15) is 56.9 Å². The van der Waals surface area contributed by atoms with E-state index in [1.165, 1.54) is 5.56 Å². The van der Waals surface area contributed by atoms with Crippen molar-refractivity contribution in [2.75, 3.05) is 0 Å². The summed E-state index contributed by atoms with van der Waals surface area (Å²) in [5, 5.41) is 0. The van der Waals surface area contributed by atoms with Gasteiger partial charge in [0.15, 0.2) is 0 Å². The van der Waals surface area contributed by atoms with Gasteiger partial charge in [-0.1, -0.05) is 56.4 Å². The molecule has 0 atom stereocenters. The monoisotopic (exact) mass is 271 g/mol. The Labute approximate surface area is 114 Å². The molecule has 0 aliphatic rings. The first kappa shape index (κ1) is 16.1. The molecule has 0 heterocycles. The van der Waals surface area contributed by atoms with Gasteiger partial charge in [-0.05, 0) is 30.9 Å². The van der Waals surface area contributed by atoms with Gasteiger partial charge in [0, 0.05) is 6.42 Å². The smallest absolute Gasteiger partial charge is 0.171 e. The Balaban J connectivity index is 1.87. The summed E-state index contributed by atoms with van der Waals surface area (Å²) in [6, 6.07) is 11.2. The summed E-state index contributed by atoms with van der Waals surface area (Å²) in [5.74, 6) is 0. The molecule has 0 saturated carbocycles. The maximum Gasteiger partial charge on any atom is 0.389 e. The number of halogens is 3. The highest BCUT2D eigenvalue weighted by molar-refractivity contribution is 5.12. The number of alkyl halides is 3. The van der Waals surface area contributed by atoms with Crippen molar-refractivity contribution >= 4 is 0 Å². The van der Waals surface area contributed by atoms with Gasteiger partial charge in [0.25, 0.3) is 0 Å². The van der Waals surface area contributed by atoms with Gasteiger partial charge in [0.1, 0.15) is 0 Å². The Hall–Kier alpha value is -0.990. The summed E-state index contributed by atoms with van der Waals surface area (Å²) in [6.45, 7) is 0. The molecule has 0 saturated heterocycles. The quantitative estimate of drug-likeness (QED) is 0.504. The first-order valence-electron chi connectivity index (χ1n) is 7.10. The first-order valence-corrected chi connectivity index (χ1v) is 7.10. The number of hydrogen-bond donors (Lipinski definition) is 0. The minimum absolute atomic E-state index is 0.280. The molecule has 0 unspecified atom stereocenters. The average Bonchev–Trinajstić information content (AvgIpc) is 2.37. The van der Waals surface area contributed by atoms with Crippen molar-refractivity contribution in [1.29, 1.82) is 0 Å². The average molecular weight is 271 g/mol. The van der Waals surface area contributed by atoms with Crippen LogP contribution in [0.5, 0.6) is 0 Å². The molecule has 0 bridgehead atoms. The molecular weight excluding hydrogens is 249 g/mol. The van der Waals surface area contributed by atoms with E-state index in [0.717, 1.165) is 38.5 Å². The first-order chi connectivity index (χ1) is 9.08. The van der Waals surface area contributed by atoms with Crippen molar-refractivity contribution in [1.82, 2.24) is 0 Å². The lowest BCUT2D eigenvalue weighted by molar-refractivity contribution is -0.135. The number of benzene rings is 1. The molecule has 107 valence electrons. The minimum atomic E-state index is -3.98. The van der Waals surface area contributed by atoms with Crippen molar-refractivity contribution in [2.45, 2.75) is 64.0 Å². The molecule has 0 amide bonds. The number of hydrogen-bond acceptors (Lipinski definition) is 0. The van der Waals surface area contributed by atoms with Gasteiger partial charge < -0.3 is 0 Å². The zero-order valence-corrected chi connectivity index (χ0v) is 11.3. The van der Waals surface area contributed by atoms with Crippen LogP contribution in [0.2, 0.25) is 0 Å². The molecule has 0 N–H and O–H groups in total. The summed E-state index contributed by atoms with van der Waals surface area (Å²) in [4.78, 5) is 0. The van der Waals surface area contributed by atoms with E-state index in [2.05, 4.69) is 12.1 Å². The van der Waals surface area contributed by atoms with Crippen LogP contribution in [0.15, 0.2) is 24.3 Å². The van der Waals surface area contributed by atoms with Crippen LogP contribution in [-0.4, -0.2) is 6.18 Å². The van der Waals surface area contributed by atoms with Crippen LogP contribution in [0, 0.1) is 6.07 Å². The molecule has 0 fully saturated rings. The van der Waals surface area contributed by atoms with Crippen molar-refractivity contribution in [3.05, 3.63) is 35.9 Å². The van der Waals surface area contributed by atoms with Crippen molar-refractivity contribution in [2.24, 2.45) is 0 Å². The lowest BCUT2D eigenvalue weighted by atomic mass is 10.0. The highest BCUT2D eigenvalue weighted by atomic mass is 19.4. The fraction of sp³-hybridized carbons (Fsp3) is 0.625. The van der Waals surface area contributed by atoms with E-state index < -0.39 is 12.6 Å². The molecule has 0 nitrogen and oxygen atoms in total. The summed E-state index contributed by atoms with van der Waals surface area (Å²) in [6.07, 6.45) is 2.82. The van der Waals surface area contributed by atoms with Crippen molar-refractivity contribution < 1.29 is 13.2 Å². The molecule has 19 heavy (non-hydrogen) atoms. The van der Waals surface area contributed by atoms with E-state index in [9.17, 15) is 13.2 Å². The number of rotatable bonds is 9. The summed E-state index contributed by atoms with van der Waals surface area (Å²) < 4.78 is 35.7. The fourth-order valence-electron chi connectivity index (χ4n) is 2.11. The maximum atomic E-state index is 11.9. The highest BCUT2D eigenvalue weighted by Crippen LogP contribution is 2.23. The third-order valence-electron chi connectivity index (χ3n) is 3.18. The molecule has 1 rings (SSSR count). The summed E-state index contributed by atoms with van der Waals surface area (Å²) in [5.41, 5.74) is 1.24. The van der Waals surface area contributed by atoms with E-state index in [4.69, 9.17) is 0 Å². The van der Waals surface area contributed by atoms with Gasteiger partial charge in [-0.3, -0.25) is 0 Å². The maximum absolute atomic E-state index is 11.9. The molecule has 0 aliphatic heterocycles. The SMILES string of the molecule is FC(F)(F)CCCCCCCCCc1[c]cccc1. The second kappa shape index (κ2) is 9.00. The molecule has 1 radical (unpaired) electrons. The Morgan fingerprint density at radius 1 is 0.842 bits per heavy atom. The van der Waals surface area contributed by atoms with E-state index in [0.29, 0.717) is 6.42 Å². The van der Waals surface area contributed by atoms with E-state index in [1.807, 2.05) is 18.2 Å². The highest BCUT2D eigenvalue weighted by Gasteiger charge is 2.25. The number of unbranched alkanes of at least 4 members (excludes halogenated alkanes) is 6. The Bertz CT molecular complexity index is 317.